The van der Waals surface area contributed by atoms with Gasteiger partial charge in [-0.2, -0.15) is 0 Å². The molecule has 1 aliphatic rings. The molecule has 3 rings (SSSR count). The lowest BCUT2D eigenvalue weighted by atomic mass is 9.89. The van der Waals surface area contributed by atoms with Gasteiger partial charge in [0.1, 0.15) is 16.6 Å². The standard InChI is InChI=1S/C18H16Cl2N2O3/c19-14-5-6-15(20)21-16(14)18(25)22-9-7-12(8-10-22)17(24)11-1-3-13(23)4-2-11/h1-6,12,23H,7-10H2. The van der Waals surface area contributed by atoms with Crippen LogP contribution < -0.4 is 0 Å². The molecule has 0 atom stereocenters. The number of Topliss-reactive ketones (excluding diaryl/α,β-unsaturated/α-hetero) is 1. The van der Waals surface area contributed by atoms with Crippen molar-refractivity contribution in [2.75, 3.05) is 13.1 Å². The zero-order chi connectivity index (χ0) is 18.0. The first kappa shape index (κ1) is 17.7. The second kappa shape index (κ2) is 7.42. The highest BCUT2D eigenvalue weighted by Gasteiger charge is 2.29. The summed E-state index contributed by atoms with van der Waals surface area (Å²) in [5, 5.41) is 9.79. The topological polar surface area (TPSA) is 70.5 Å². The third-order valence-corrected chi connectivity index (χ3v) is 4.83. The Bertz CT molecular complexity index is 800. The molecular weight excluding hydrogens is 363 g/mol. The van der Waals surface area contributed by atoms with Crippen LogP contribution in [0.25, 0.3) is 0 Å². The fourth-order valence-electron chi connectivity index (χ4n) is 2.92. The number of aromatic hydroxyl groups is 1. The number of hydrogen-bond acceptors (Lipinski definition) is 4. The van der Waals surface area contributed by atoms with E-state index in [1.54, 1.807) is 23.1 Å². The number of benzene rings is 1. The highest BCUT2D eigenvalue weighted by molar-refractivity contribution is 6.34. The van der Waals surface area contributed by atoms with Gasteiger partial charge in [-0.05, 0) is 49.2 Å². The van der Waals surface area contributed by atoms with Crippen LogP contribution in [0.1, 0.15) is 33.7 Å². The van der Waals surface area contributed by atoms with E-state index in [4.69, 9.17) is 23.2 Å². The predicted molar refractivity (Wildman–Crippen MR) is 95.3 cm³/mol. The molecule has 1 fully saturated rings. The largest absolute Gasteiger partial charge is 0.508 e. The number of phenolic OH excluding ortho intramolecular Hbond substituents is 1. The van der Waals surface area contributed by atoms with E-state index in [0.29, 0.717) is 31.5 Å². The Morgan fingerprint density at radius 2 is 1.68 bits per heavy atom. The lowest BCUT2D eigenvalue weighted by molar-refractivity contribution is 0.0645. The second-order valence-corrected chi connectivity index (χ2v) is 6.74. The third kappa shape index (κ3) is 3.94. The number of ketones is 1. The van der Waals surface area contributed by atoms with Crippen molar-refractivity contribution in [3.05, 3.63) is 57.8 Å². The average Bonchev–Trinajstić information content (AvgIpc) is 2.63. The fraction of sp³-hybridized carbons (Fsp3) is 0.278. The van der Waals surface area contributed by atoms with Crippen LogP contribution in [-0.4, -0.2) is 39.8 Å². The van der Waals surface area contributed by atoms with Gasteiger partial charge in [-0.15, -0.1) is 0 Å². The van der Waals surface area contributed by atoms with E-state index in [2.05, 4.69) is 4.98 Å². The monoisotopic (exact) mass is 378 g/mol. The van der Waals surface area contributed by atoms with Crippen LogP contribution in [0.15, 0.2) is 36.4 Å². The SMILES string of the molecule is O=C(c1ccc(O)cc1)C1CCN(C(=O)c2nc(Cl)ccc2Cl)CC1. The molecule has 1 N–H and O–H groups in total. The summed E-state index contributed by atoms with van der Waals surface area (Å²) in [5.74, 6) is -0.256. The van der Waals surface area contributed by atoms with Crippen LogP contribution in [0.4, 0.5) is 0 Å². The minimum atomic E-state index is -0.275. The van der Waals surface area contributed by atoms with Gasteiger partial charge >= 0.3 is 0 Å². The number of carbonyl (C=O) groups is 2. The lowest BCUT2D eigenvalue weighted by Crippen LogP contribution is -2.40. The number of piperidine rings is 1. The lowest BCUT2D eigenvalue weighted by Gasteiger charge is -2.31. The number of phenols is 1. The molecule has 0 aliphatic carbocycles. The summed E-state index contributed by atoms with van der Waals surface area (Å²) in [5.41, 5.74) is 0.708. The summed E-state index contributed by atoms with van der Waals surface area (Å²) >= 11 is 11.9. The summed E-state index contributed by atoms with van der Waals surface area (Å²) in [6.45, 7) is 0.912. The summed E-state index contributed by atoms with van der Waals surface area (Å²) < 4.78 is 0. The van der Waals surface area contributed by atoms with Crippen LogP contribution in [0, 0.1) is 5.92 Å². The Kier molecular flexibility index (Phi) is 5.25. The maximum Gasteiger partial charge on any atom is 0.274 e. The molecule has 0 spiro atoms. The van der Waals surface area contributed by atoms with Gasteiger partial charge in [-0.25, -0.2) is 4.98 Å². The smallest absolute Gasteiger partial charge is 0.274 e. The highest BCUT2D eigenvalue weighted by atomic mass is 35.5. The number of hydrogen-bond donors (Lipinski definition) is 1. The van der Waals surface area contributed by atoms with Gasteiger partial charge in [0.25, 0.3) is 5.91 Å². The van der Waals surface area contributed by atoms with Gasteiger partial charge < -0.3 is 10.0 Å². The Morgan fingerprint density at radius 1 is 1.04 bits per heavy atom. The zero-order valence-corrected chi connectivity index (χ0v) is 14.8. The zero-order valence-electron chi connectivity index (χ0n) is 13.3. The van der Waals surface area contributed by atoms with Crippen molar-refractivity contribution < 1.29 is 14.7 Å². The van der Waals surface area contributed by atoms with Crippen LogP contribution in [0.3, 0.4) is 0 Å². The van der Waals surface area contributed by atoms with Crippen molar-refractivity contribution in [3.8, 4) is 5.75 Å². The number of amides is 1. The van der Waals surface area contributed by atoms with Gasteiger partial charge in [-0.1, -0.05) is 23.2 Å². The van der Waals surface area contributed by atoms with Crippen LogP contribution in [0.5, 0.6) is 5.75 Å². The first-order valence-electron chi connectivity index (χ1n) is 7.90. The van der Waals surface area contributed by atoms with Crippen molar-refractivity contribution in [2.45, 2.75) is 12.8 Å². The number of carbonyl (C=O) groups excluding carboxylic acids is 2. The van der Waals surface area contributed by atoms with Gasteiger partial charge in [0, 0.05) is 24.6 Å². The number of nitrogens with zero attached hydrogens (tertiary/aromatic N) is 2. The first-order valence-corrected chi connectivity index (χ1v) is 8.66. The number of pyridine rings is 1. The fourth-order valence-corrected chi connectivity index (χ4v) is 3.26. The number of aromatic nitrogens is 1. The molecule has 7 heteroatoms. The van der Waals surface area contributed by atoms with Gasteiger partial charge in [0.15, 0.2) is 5.78 Å². The summed E-state index contributed by atoms with van der Waals surface area (Å²) in [6, 6.07) is 9.31. The maximum absolute atomic E-state index is 12.6. The van der Waals surface area contributed by atoms with Crippen LogP contribution in [0.2, 0.25) is 10.2 Å². The molecule has 1 saturated heterocycles. The molecule has 1 aromatic heterocycles. The van der Waals surface area contributed by atoms with Crippen molar-refractivity contribution >= 4 is 34.9 Å². The molecule has 5 nitrogen and oxygen atoms in total. The number of rotatable bonds is 3. The molecule has 1 aromatic carbocycles. The van der Waals surface area contributed by atoms with Crippen LogP contribution >= 0.6 is 23.2 Å². The van der Waals surface area contributed by atoms with Crippen molar-refractivity contribution in [1.82, 2.24) is 9.88 Å². The summed E-state index contributed by atoms with van der Waals surface area (Å²) in [7, 11) is 0. The summed E-state index contributed by atoms with van der Waals surface area (Å²) in [6.07, 6.45) is 1.15. The van der Waals surface area contributed by atoms with E-state index in [1.807, 2.05) is 0 Å². The van der Waals surface area contributed by atoms with E-state index in [9.17, 15) is 14.7 Å². The quantitative estimate of drug-likeness (QED) is 0.650. The molecule has 1 aliphatic heterocycles. The maximum atomic E-state index is 12.6. The Labute approximate surface area is 155 Å². The van der Waals surface area contributed by atoms with E-state index >= 15 is 0 Å². The van der Waals surface area contributed by atoms with Gasteiger partial charge in [0.05, 0.1) is 5.02 Å². The minimum Gasteiger partial charge on any atom is -0.508 e. The Morgan fingerprint density at radius 3 is 2.32 bits per heavy atom. The van der Waals surface area contributed by atoms with Crippen molar-refractivity contribution in [3.63, 3.8) is 0 Å². The normalized spacial score (nSPS) is 15.2. The minimum absolute atomic E-state index is 0.0333. The Hall–Kier alpha value is -2.11. The summed E-state index contributed by atoms with van der Waals surface area (Å²) in [4.78, 5) is 30.7. The molecule has 0 radical (unpaired) electrons. The number of likely N-dealkylation sites (tertiary alicyclic amines) is 1. The molecule has 0 unspecified atom stereocenters. The number of halogens is 2. The Balaban J connectivity index is 1.65. The average molecular weight is 379 g/mol. The van der Waals surface area contributed by atoms with Gasteiger partial charge in [-0.3, -0.25) is 9.59 Å². The first-order chi connectivity index (χ1) is 12.0. The molecule has 2 aromatic rings. The molecule has 0 saturated carbocycles. The highest BCUT2D eigenvalue weighted by Crippen LogP contribution is 2.25. The molecule has 2 heterocycles. The van der Waals surface area contributed by atoms with E-state index in [1.165, 1.54) is 18.2 Å². The van der Waals surface area contributed by atoms with Crippen LogP contribution in [-0.2, 0) is 0 Å². The molecule has 25 heavy (non-hydrogen) atoms. The third-order valence-electron chi connectivity index (χ3n) is 4.32. The van der Waals surface area contributed by atoms with Gasteiger partial charge in [0.2, 0.25) is 0 Å². The molecule has 1 amide bonds. The van der Waals surface area contributed by atoms with E-state index in [0.717, 1.165) is 0 Å². The predicted octanol–water partition coefficient (Wildman–Crippen LogP) is 3.83. The van der Waals surface area contributed by atoms with E-state index in [-0.39, 0.29) is 39.2 Å². The van der Waals surface area contributed by atoms with Crippen molar-refractivity contribution in [2.24, 2.45) is 5.92 Å². The van der Waals surface area contributed by atoms with Crippen molar-refractivity contribution in [1.29, 1.82) is 0 Å². The van der Waals surface area contributed by atoms with E-state index < -0.39 is 0 Å². The molecule has 0 bridgehead atoms. The molecule has 130 valence electrons. The second-order valence-electron chi connectivity index (χ2n) is 5.94. The molecular formula is C18H16Cl2N2O3.